The molecule has 0 heterocycles. The highest BCUT2D eigenvalue weighted by Crippen LogP contribution is 2.18. The zero-order valence-corrected chi connectivity index (χ0v) is 16.0. The van der Waals surface area contributed by atoms with Gasteiger partial charge in [-0.05, 0) is 69.5 Å². The summed E-state index contributed by atoms with van der Waals surface area (Å²) in [4.78, 5) is 12.5. The van der Waals surface area contributed by atoms with Crippen LogP contribution in [0.15, 0.2) is 71.2 Å². The maximum atomic E-state index is 12.5. The molecule has 3 heteroatoms. The van der Waals surface area contributed by atoms with E-state index in [-0.39, 0.29) is 11.5 Å². The lowest BCUT2D eigenvalue weighted by Gasteiger charge is -2.07. The molecule has 0 spiro atoms. The first kappa shape index (κ1) is 20.5. The Kier molecular flexibility index (Phi) is 7.93. The molecule has 1 aromatic carbocycles. The molecular weight excluding hydrogens is 312 g/mol. The molecule has 0 radical (unpaired) electrons. The van der Waals surface area contributed by atoms with Crippen molar-refractivity contribution in [1.82, 2.24) is 0 Å². The number of hydrogen-bond acceptors (Lipinski definition) is 3. The lowest BCUT2D eigenvalue weighted by molar-refractivity contribution is 0.103. The third kappa shape index (κ3) is 6.84. The van der Waals surface area contributed by atoms with E-state index < -0.39 is 0 Å². The summed E-state index contributed by atoms with van der Waals surface area (Å²) in [6, 6.07) is 6.99. The standard InChI is InChI=1S/C22H28O3/c1-7-20(23)14-18(6)25-21-12-10-19(11-13-21)22(24)17(5)9-8-16(4)15(2)3/h7-15,23H,1-6H3/b16-8+,17-9+,18-14+,20-7+. The summed E-state index contributed by atoms with van der Waals surface area (Å²) in [6.07, 6.45) is 6.99. The minimum absolute atomic E-state index is 0.00168. The van der Waals surface area contributed by atoms with E-state index in [2.05, 4.69) is 20.8 Å². The van der Waals surface area contributed by atoms with E-state index in [1.807, 2.05) is 19.1 Å². The molecule has 0 fully saturated rings. The van der Waals surface area contributed by atoms with Gasteiger partial charge in [-0.25, -0.2) is 0 Å². The number of carbonyl (C=O) groups excluding carboxylic acids is 1. The fraction of sp³-hybridized carbons (Fsp3) is 0.318. The third-order valence-electron chi connectivity index (χ3n) is 3.91. The first-order valence-electron chi connectivity index (χ1n) is 8.45. The summed E-state index contributed by atoms with van der Waals surface area (Å²) in [6.45, 7) is 11.6. The van der Waals surface area contributed by atoms with Crippen LogP contribution in [0.1, 0.15) is 51.9 Å². The van der Waals surface area contributed by atoms with E-state index in [4.69, 9.17) is 4.74 Å². The number of rotatable bonds is 7. The van der Waals surface area contributed by atoms with Gasteiger partial charge in [0.15, 0.2) is 5.78 Å². The minimum Gasteiger partial charge on any atom is -0.508 e. The van der Waals surface area contributed by atoms with Gasteiger partial charge in [0.25, 0.3) is 0 Å². The van der Waals surface area contributed by atoms with Crippen LogP contribution >= 0.6 is 0 Å². The number of ether oxygens (including phenoxy) is 1. The molecule has 1 rings (SSSR count). The van der Waals surface area contributed by atoms with E-state index in [1.54, 1.807) is 44.2 Å². The molecule has 0 bridgehead atoms. The molecule has 0 atom stereocenters. The van der Waals surface area contributed by atoms with E-state index >= 15 is 0 Å². The van der Waals surface area contributed by atoms with E-state index in [0.29, 0.717) is 28.6 Å². The van der Waals surface area contributed by atoms with Crippen molar-refractivity contribution in [2.75, 3.05) is 0 Å². The summed E-state index contributed by atoms with van der Waals surface area (Å²) in [7, 11) is 0. The van der Waals surface area contributed by atoms with Crippen LogP contribution in [-0.4, -0.2) is 10.9 Å². The topological polar surface area (TPSA) is 46.5 Å². The van der Waals surface area contributed by atoms with E-state index in [9.17, 15) is 9.90 Å². The summed E-state index contributed by atoms with van der Waals surface area (Å²) < 4.78 is 5.61. The molecule has 0 aromatic heterocycles. The molecule has 0 aliphatic carbocycles. The lowest BCUT2D eigenvalue weighted by atomic mass is 10.0. The van der Waals surface area contributed by atoms with Crippen molar-refractivity contribution in [3.05, 3.63) is 76.8 Å². The lowest BCUT2D eigenvalue weighted by Crippen LogP contribution is -2.01. The fourth-order valence-corrected chi connectivity index (χ4v) is 1.93. The largest absolute Gasteiger partial charge is 0.508 e. The second-order valence-electron chi connectivity index (χ2n) is 6.34. The van der Waals surface area contributed by atoms with Gasteiger partial charge in [-0.2, -0.15) is 0 Å². The number of hydrogen-bond donors (Lipinski definition) is 1. The van der Waals surface area contributed by atoms with Crippen molar-refractivity contribution in [3.63, 3.8) is 0 Å². The molecule has 134 valence electrons. The van der Waals surface area contributed by atoms with Gasteiger partial charge >= 0.3 is 0 Å². The van der Waals surface area contributed by atoms with E-state index in [0.717, 1.165) is 0 Å². The predicted molar refractivity (Wildman–Crippen MR) is 104 cm³/mol. The van der Waals surface area contributed by atoms with Gasteiger partial charge in [0, 0.05) is 11.6 Å². The van der Waals surface area contributed by atoms with Crippen LogP contribution in [0.5, 0.6) is 5.75 Å². The first-order valence-corrected chi connectivity index (χ1v) is 8.45. The van der Waals surface area contributed by atoms with Crippen molar-refractivity contribution >= 4 is 5.78 Å². The maximum absolute atomic E-state index is 12.5. The summed E-state index contributed by atoms with van der Waals surface area (Å²) in [5, 5.41) is 9.46. The monoisotopic (exact) mass is 340 g/mol. The van der Waals surface area contributed by atoms with Crippen LogP contribution in [0.25, 0.3) is 0 Å². The van der Waals surface area contributed by atoms with Crippen LogP contribution in [0.2, 0.25) is 0 Å². The molecule has 1 N–H and O–H groups in total. The van der Waals surface area contributed by atoms with Crippen molar-refractivity contribution in [2.24, 2.45) is 5.92 Å². The fourth-order valence-electron chi connectivity index (χ4n) is 1.93. The molecule has 0 saturated heterocycles. The average molecular weight is 340 g/mol. The highest BCUT2D eigenvalue weighted by atomic mass is 16.5. The maximum Gasteiger partial charge on any atom is 0.188 e. The van der Waals surface area contributed by atoms with Gasteiger partial charge in [0.05, 0.1) is 0 Å². The summed E-state index contributed by atoms with van der Waals surface area (Å²) in [5.74, 6) is 1.80. The number of benzene rings is 1. The molecule has 3 nitrogen and oxygen atoms in total. The number of Topliss-reactive ketones (excluding diaryl/α,β-unsaturated/α-hetero) is 1. The Morgan fingerprint density at radius 2 is 1.68 bits per heavy atom. The Morgan fingerprint density at radius 3 is 2.20 bits per heavy atom. The van der Waals surface area contributed by atoms with Gasteiger partial charge in [0.1, 0.15) is 17.3 Å². The minimum atomic E-state index is -0.00168. The SMILES string of the molecule is C/C=C(O)\C=C(/C)Oc1ccc(C(=O)/C(C)=C/C=C(\C)C(C)C)cc1. The summed E-state index contributed by atoms with van der Waals surface area (Å²) in [5.41, 5.74) is 2.56. The number of aliphatic hydroxyl groups is 1. The Balaban J connectivity index is 2.85. The Morgan fingerprint density at radius 1 is 1.08 bits per heavy atom. The van der Waals surface area contributed by atoms with Crippen LogP contribution in [0, 0.1) is 5.92 Å². The van der Waals surface area contributed by atoms with Crippen molar-refractivity contribution in [3.8, 4) is 5.75 Å². The van der Waals surface area contributed by atoms with Crippen LogP contribution < -0.4 is 4.74 Å². The molecular formula is C22H28O3. The molecule has 0 aliphatic heterocycles. The molecule has 0 aliphatic rings. The quantitative estimate of drug-likeness (QED) is 0.280. The highest BCUT2D eigenvalue weighted by molar-refractivity contribution is 6.08. The smallest absolute Gasteiger partial charge is 0.188 e. The molecule has 0 amide bonds. The van der Waals surface area contributed by atoms with Gasteiger partial charge in [0.2, 0.25) is 0 Å². The second-order valence-corrected chi connectivity index (χ2v) is 6.34. The van der Waals surface area contributed by atoms with Crippen LogP contribution in [0.3, 0.4) is 0 Å². The third-order valence-corrected chi connectivity index (χ3v) is 3.91. The Bertz CT molecular complexity index is 714. The van der Waals surface area contributed by atoms with Crippen molar-refractivity contribution in [2.45, 2.75) is 41.5 Å². The number of carbonyl (C=O) groups is 1. The Labute approximate surface area is 151 Å². The zero-order valence-electron chi connectivity index (χ0n) is 16.0. The van der Waals surface area contributed by atoms with Crippen molar-refractivity contribution < 1.29 is 14.6 Å². The van der Waals surface area contributed by atoms with Gasteiger partial charge < -0.3 is 9.84 Å². The zero-order chi connectivity index (χ0) is 19.0. The van der Waals surface area contributed by atoms with E-state index in [1.165, 1.54) is 11.6 Å². The Hall–Kier alpha value is -2.55. The first-order chi connectivity index (χ1) is 11.7. The van der Waals surface area contributed by atoms with Gasteiger partial charge in [-0.15, -0.1) is 0 Å². The van der Waals surface area contributed by atoms with Gasteiger partial charge in [-0.3, -0.25) is 4.79 Å². The highest BCUT2D eigenvalue weighted by Gasteiger charge is 2.08. The van der Waals surface area contributed by atoms with Gasteiger partial charge in [-0.1, -0.05) is 31.6 Å². The molecule has 1 aromatic rings. The number of allylic oxidation sites excluding steroid dienone is 7. The molecule has 0 unspecified atom stereocenters. The molecule has 25 heavy (non-hydrogen) atoms. The predicted octanol–water partition coefficient (Wildman–Crippen LogP) is 6.16. The normalized spacial score (nSPS) is 14.0. The van der Waals surface area contributed by atoms with Crippen LogP contribution in [0.4, 0.5) is 0 Å². The second kappa shape index (κ2) is 9.67. The molecule has 0 saturated carbocycles. The number of aliphatic hydroxyl groups excluding tert-OH is 1. The van der Waals surface area contributed by atoms with Crippen molar-refractivity contribution in [1.29, 1.82) is 0 Å². The van der Waals surface area contributed by atoms with Crippen LogP contribution in [-0.2, 0) is 0 Å². The average Bonchev–Trinajstić information content (AvgIpc) is 2.58. The summed E-state index contributed by atoms with van der Waals surface area (Å²) >= 11 is 0. The number of ketones is 1.